The predicted molar refractivity (Wildman–Crippen MR) is 62.8 cm³/mol. The standard InChI is InChI=1S/C12H12F3N3/c13-12(14,15)11(5-2-6-17-18-11)10-4-1-3-9(7-10)8-16/h1-7,18H,8,16H2. The Kier molecular flexibility index (Phi) is 3.13. The third-order valence-corrected chi connectivity index (χ3v) is 2.81. The molecule has 1 unspecified atom stereocenters. The van der Waals surface area contributed by atoms with E-state index < -0.39 is 11.7 Å². The minimum atomic E-state index is -4.49. The molecule has 6 heteroatoms. The number of hydrazone groups is 1. The average Bonchev–Trinajstić information content (AvgIpc) is 2.38. The van der Waals surface area contributed by atoms with Crippen LogP contribution >= 0.6 is 0 Å². The molecule has 0 saturated carbocycles. The van der Waals surface area contributed by atoms with E-state index in [4.69, 9.17) is 5.73 Å². The highest BCUT2D eigenvalue weighted by Crippen LogP contribution is 2.41. The molecular weight excluding hydrogens is 243 g/mol. The van der Waals surface area contributed by atoms with Gasteiger partial charge in [0.05, 0.1) is 0 Å². The van der Waals surface area contributed by atoms with Crippen molar-refractivity contribution in [1.82, 2.24) is 5.43 Å². The summed E-state index contributed by atoms with van der Waals surface area (Å²) in [6.45, 7) is 0.189. The van der Waals surface area contributed by atoms with Gasteiger partial charge in [0, 0.05) is 12.8 Å². The summed E-state index contributed by atoms with van der Waals surface area (Å²) >= 11 is 0. The largest absolute Gasteiger partial charge is 0.420 e. The molecule has 0 saturated heterocycles. The zero-order chi connectivity index (χ0) is 13.2. The maximum absolute atomic E-state index is 13.3. The van der Waals surface area contributed by atoms with Gasteiger partial charge in [0.1, 0.15) is 0 Å². The van der Waals surface area contributed by atoms with Gasteiger partial charge in [-0.05, 0) is 23.3 Å². The molecule has 1 aliphatic heterocycles. The van der Waals surface area contributed by atoms with Gasteiger partial charge in [0.15, 0.2) is 5.54 Å². The van der Waals surface area contributed by atoms with E-state index in [1.54, 1.807) is 12.1 Å². The zero-order valence-corrected chi connectivity index (χ0v) is 9.41. The number of allylic oxidation sites excluding steroid dienone is 1. The monoisotopic (exact) mass is 255 g/mol. The molecule has 0 amide bonds. The van der Waals surface area contributed by atoms with Gasteiger partial charge in [0.2, 0.25) is 0 Å². The zero-order valence-electron chi connectivity index (χ0n) is 9.41. The molecule has 3 nitrogen and oxygen atoms in total. The Hall–Kier alpha value is -1.82. The van der Waals surface area contributed by atoms with Crippen molar-refractivity contribution in [2.75, 3.05) is 0 Å². The fourth-order valence-corrected chi connectivity index (χ4v) is 1.83. The van der Waals surface area contributed by atoms with Crippen LogP contribution in [0.2, 0.25) is 0 Å². The van der Waals surface area contributed by atoms with Crippen LogP contribution < -0.4 is 11.2 Å². The van der Waals surface area contributed by atoms with Crippen LogP contribution in [0, 0.1) is 0 Å². The number of nitrogens with zero attached hydrogens (tertiary/aromatic N) is 1. The van der Waals surface area contributed by atoms with Crippen LogP contribution in [0.5, 0.6) is 0 Å². The second-order valence-corrected chi connectivity index (χ2v) is 3.96. The maximum Gasteiger partial charge on any atom is 0.420 e. The topological polar surface area (TPSA) is 50.4 Å². The predicted octanol–water partition coefficient (Wildman–Crippen LogP) is 2.05. The maximum atomic E-state index is 13.3. The smallest absolute Gasteiger partial charge is 0.326 e. The van der Waals surface area contributed by atoms with Crippen LogP contribution in [0.1, 0.15) is 11.1 Å². The number of nitrogens with one attached hydrogen (secondary N) is 1. The third kappa shape index (κ3) is 1.99. The number of halogens is 3. The van der Waals surface area contributed by atoms with Crippen LogP contribution in [-0.2, 0) is 12.1 Å². The number of alkyl halides is 3. The van der Waals surface area contributed by atoms with Gasteiger partial charge in [-0.15, -0.1) is 0 Å². The Morgan fingerprint density at radius 3 is 2.67 bits per heavy atom. The van der Waals surface area contributed by atoms with Gasteiger partial charge in [0.25, 0.3) is 0 Å². The van der Waals surface area contributed by atoms with Crippen molar-refractivity contribution in [2.45, 2.75) is 18.3 Å². The van der Waals surface area contributed by atoms with Gasteiger partial charge in [-0.25, -0.2) is 0 Å². The normalized spacial score (nSPS) is 22.9. The first-order valence-corrected chi connectivity index (χ1v) is 5.34. The second-order valence-electron chi connectivity index (χ2n) is 3.96. The molecule has 1 aromatic carbocycles. The van der Waals surface area contributed by atoms with Crippen LogP contribution in [0.25, 0.3) is 0 Å². The first kappa shape index (κ1) is 12.6. The van der Waals surface area contributed by atoms with E-state index in [1.807, 2.05) is 0 Å². The van der Waals surface area contributed by atoms with E-state index in [9.17, 15) is 13.2 Å². The van der Waals surface area contributed by atoms with E-state index in [2.05, 4.69) is 10.5 Å². The molecule has 0 bridgehead atoms. The summed E-state index contributed by atoms with van der Waals surface area (Å²) in [5.41, 5.74) is 6.04. The van der Waals surface area contributed by atoms with E-state index >= 15 is 0 Å². The molecule has 1 aliphatic rings. The molecule has 1 heterocycles. The van der Waals surface area contributed by atoms with Gasteiger partial charge < -0.3 is 5.73 Å². The number of nitrogens with two attached hydrogens (primary N) is 1. The summed E-state index contributed by atoms with van der Waals surface area (Å²) in [6.07, 6.45) is -0.889. The molecular formula is C12H12F3N3. The molecule has 3 N–H and O–H groups in total. The van der Waals surface area contributed by atoms with Crippen LogP contribution in [0.3, 0.4) is 0 Å². The Labute approximate surface area is 102 Å². The third-order valence-electron chi connectivity index (χ3n) is 2.81. The number of hydrogen-bond acceptors (Lipinski definition) is 3. The van der Waals surface area contributed by atoms with Gasteiger partial charge in [-0.3, -0.25) is 5.43 Å². The molecule has 0 radical (unpaired) electrons. The van der Waals surface area contributed by atoms with Crippen molar-refractivity contribution >= 4 is 6.21 Å². The fourth-order valence-electron chi connectivity index (χ4n) is 1.83. The van der Waals surface area contributed by atoms with Crippen molar-refractivity contribution in [3.8, 4) is 0 Å². The lowest BCUT2D eigenvalue weighted by molar-refractivity contribution is -0.185. The molecule has 0 spiro atoms. The molecule has 96 valence electrons. The highest BCUT2D eigenvalue weighted by molar-refractivity contribution is 5.72. The molecule has 0 aromatic heterocycles. The van der Waals surface area contributed by atoms with Gasteiger partial charge in [-0.2, -0.15) is 18.3 Å². The summed E-state index contributed by atoms with van der Waals surface area (Å²) in [5.74, 6) is 0. The van der Waals surface area contributed by atoms with E-state index in [0.717, 1.165) is 6.08 Å². The SMILES string of the molecule is NCc1cccc(C2(C(F)(F)F)C=CC=NN2)c1. The van der Waals surface area contributed by atoms with Crippen molar-refractivity contribution in [3.63, 3.8) is 0 Å². The summed E-state index contributed by atoms with van der Waals surface area (Å²) in [4.78, 5) is 0. The van der Waals surface area contributed by atoms with Gasteiger partial charge in [-0.1, -0.05) is 24.3 Å². The minimum Gasteiger partial charge on any atom is -0.326 e. The van der Waals surface area contributed by atoms with Crippen LogP contribution in [0.15, 0.2) is 41.5 Å². The van der Waals surface area contributed by atoms with E-state index in [0.29, 0.717) is 5.56 Å². The molecule has 18 heavy (non-hydrogen) atoms. The lowest BCUT2D eigenvalue weighted by atomic mass is 9.87. The number of benzene rings is 1. The molecule has 0 aliphatic carbocycles. The molecule has 1 aromatic rings. The first-order valence-electron chi connectivity index (χ1n) is 5.34. The Bertz CT molecular complexity index is 494. The van der Waals surface area contributed by atoms with Crippen molar-refractivity contribution < 1.29 is 13.2 Å². The molecule has 0 fully saturated rings. The summed E-state index contributed by atoms with van der Waals surface area (Å²) in [6, 6.07) is 6.08. The Balaban J connectivity index is 2.54. The van der Waals surface area contributed by atoms with E-state index in [-0.39, 0.29) is 12.1 Å². The Morgan fingerprint density at radius 1 is 1.33 bits per heavy atom. The quantitative estimate of drug-likeness (QED) is 0.849. The lowest BCUT2D eigenvalue weighted by Crippen LogP contribution is -2.51. The molecule has 2 rings (SSSR count). The van der Waals surface area contributed by atoms with Crippen LogP contribution in [0.4, 0.5) is 13.2 Å². The van der Waals surface area contributed by atoms with E-state index in [1.165, 1.54) is 24.4 Å². The fraction of sp³-hybridized carbons (Fsp3) is 0.250. The first-order chi connectivity index (χ1) is 8.49. The average molecular weight is 255 g/mol. The minimum absolute atomic E-state index is 0.0750. The van der Waals surface area contributed by atoms with Gasteiger partial charge >= 0.3 is 6.18 Å². The van der Waals surface area contributed by atoms with Crippen molar-refractivity contribution in [3.05, 3.63) is 47.5 Å². The lowest BCUT2D eigenvalue weighted by Gasteiger charge is -2.34. The van der Waals surface area contributed by atoms with Crippen molar-refractivity contribution in [2.24, 2.45) is 10.8 Å². The second kappa shape index (κ2) is 4.45. The molecule has 1 atom stereocenters. The Morgan fingerprint density at radius 2 is 2.11 bits per heavy atom. The summed E-state index contributed by atoms with van der Waals surface area (Å²) in [7, 11) is 0. The highest BCUT2D eigenvalue weighted by Gasteiger charge is 2.55. The van der Waals surface area contributed by atoms with Crippen molar-refractivity contribution in [1.29, 1.82) is 0 Å². The number of rotatable bonds is 2. The summed E-state index contributed by atoms with van der Waals surface area (Å²) < 4.78 is 39.9. The van der Waals surface area contributed by atoms with Crippen LogP contribution in [-0.4, -0.2) is 12.4 Å². The highest BCUT2D eigenvalue weighted by atomic mass is 19.4. The summed E-state index contributed by atoms with van der Waals surface area (Å²) in [5, 5.41) is 3.52. The number of hydrogen-bond donors (Lipinski definition) is 2.